The smallest absolute Gasteiger partial charge is 0.202 e. The van der Waals surface area contributed by atoms with Gasteiger partial charge in [-0.05, 0) is 18.4 Å². The molecule has 0 unspecified atom stereocenters. The number of hydrogen-bond donors (Lipinski definition) is 1. The van der Waals surface area contributed by atoms with E-state index >= 15 is 0 Å². The van der Waals surface area contributed by atoms with Crippen LogP contribution >= 0.6 is 0 Å². The molecule has 0 fully saturated rings. The van der Waals surface area contributed by atoms with Crippen LogP contribution in [-0.2, 0) is 17.7 Å². The topological polar surface area (TPSA) is 39.1 Å². The third kappa shape index (κ3) is 4.41. The summed E-state index contributed by atoms with van der Waals surface area (Å²) >= 11 is 0. The van der Waals surface area contributed by atoms with Crippen LogP contribution in [0, 0.1) is 0 Å². The minimum Gasteiger partial charge on any atom is -0.383 e. The fraction of sp³-hybridized carbons (Fsp3) is 0.400. The number of benzene rings is 1. The summed E-state index contributed by atoms with van der Waals surface area (Å²) < 4.78 is 7.17. The largest absolute Gasteiger partial charge is 0.383 e. The van der Waals surface area contributed by atoms with Gasteiger partial charge in [-0.3, -0.25) is 0 Å². The van der Waals surface area contributed by atoms with E-state index in [1.165, 1.54) is 5.56 Å². The van der Waals surface area contributed by atoms with E-state index in [1.807, 2.05) is 12.4 Å². The molecule has 0 bridgehead atoms. The van der Waals surface area contributed by atoms with Crippen molar-refractivity contribution in [2.45, 2.75) is 19.4 Å². The zero-order valence-corrected chi connectivity index (χ0v) is 11.4. The van der Waals surface area contributed by atoms with Gasteiger partial charge in [-0.25, -0.2) is 4.98 Å². The first kappa shape index (κ1) is 13.6. The molecule has 1 heterocycles. The van der Waals surface area contributed by atoms with Gasteiger partial charge in [0.2, 0.25) is 5.95 Å². The van der Waals surface area contributed by atoms with E-state index in [4.69, 9.17) is 4.74 Å². The number of rotatable bonds is 8. The number of nitrogens with zero attached hydrogens (tertiary/aromatic N) is 2. The van der Waals surface area contributed by atoms with Crippen LogP contribution in [0.3, 0.4) is 0 Å². The molecular weight excluding hydrogens is 238 g/mol. The van der Waals surface area contributed by atoms with Crippen molar-refractivity contribution in [1.29, 1.82) is 0 Å². The van der Waals surface area contributed by atoms with E-state index in [0.717, 1.165) is 31.9 Å². The lowest BCUT2D eigenvalue weighted by atomic mass is 10.1. The highest BCUT2D eigenvalue weighted by molar-refractivity contribution is 5.25. The quantitative estimate of drug-likeness (QED) is 0.741. The Balaban J connectivity index is 1.78. The van der Waals surface area contributed by atoms with Crippen LogP contribution < -0.4 is 5.32 Å². The van der Waals surface area contributed by atoms with Crippen molar-refractivity contribution in [3.8, 4) is 0 Å². The molecule has 102 valence electrons. The van der Waals surface area contributed by atoms with Crippen molar-refractivity contribution in [2.24, 2.45) is 0 Å². The van der Waals surface area contributed by atoms with E-state index in [9.17, 15) is 0 Å². The summed E-state index contributed by atoms with van der Waals surface area (Å²) in [5.74, 6) is 0.921. The lowest BCUT2D eigenvalue weighted by Gasteiger charge is -2.09. The Morgan fingerprint density at radius 3 is 2.89 bits per heavy atom. The van der Waals surface area contributed by atoms with Crippen molar-refractivity contribution >= 4 is 5.95 Å². The Labute approximate surface area is 114 Å². The number of hydrogen-bond acceptors (Lipinski definition) is 3. The minimum absolute atomic E-state index is 0.691. The maximum Gasteiger partial charge on any atom is 0.202 e. The fourth-order valence-corrected chi connectivity index (χ4v) is 2.02. The molecule has 0 amide bonds. The van der Waals surface area contributed by atoms with Crippen molar-refractivity contribution in [1.82, 2.24) is 9.55 Å². The molecule has 0 saturated carbocycles. The molecule has 1 aromatic carbocycles. The van der Waals surface area contributed by atoms with Crippen LogP contribution in [0.1, 0.15) is 12.0 Å². The van der Waals surface area contributed by atoms with E-state index in [-0.39, 0.29) is 0 Å². The molecule has 0 aliphatic carbocycles. The summed E-state index contributed by atoms with van der Waals surface area (Å²) in [4.78, 5) is 4.31. The third-order valence-corrected chi connectivity index (χ3v) is 3.01. The van der Waals surface area contributed by atoms with Gasteiger partial charge >= 0.3 is 0 Å². The number of anilines is 1. The van der Waals surface area contributed by atoms with Crippen LogP contribution in [0.4, 0.5) is 5.95 Å². The van der Waals surface area contributed by atoms with E-state index in [1.54, 1.807) is 7.11 Å². The van der Waals surface area contributed by atoms with Gasteiger partial charge in [0, 0.05) is 32.6 Å². The highest BCUT2D eigenvalue weighted by Gasteiger charge is 2.01. The number of ether oxygens (including phenoxy) is 1. The van der Waals surface area contributed by atoms with Gasteiger partial charge in [-0.15, -0.1) is 0 Å². The van der Waals surface area contributed by atoms with Gasteiger partial charge in [-0.1, -0.05) is 30.3 Å². The van der Waals surface area contributed by atoms with Gasteiger partial charge in [-0.2, -0.15) is 0 Å². The number of methoxy groups -OCH3 is 1. The van der Waals surface area contributed by atoms with Crippen molar-refractivity contribution < 1.29 is 4.74 Å². The van der Waals surface area contributed by atoms with Crippen LogP contribution in [-0.4, -0.2) is 29.8 Å². The first-order valence-corrected chi connectivity index (χ1v) is 6.68. The van der Waals surface area contributed by atoms with Crippen molar-refractivity contribution in [3.05, 3.63) is 48.3 Å². The standard InChI is InChI=1S/C15H21N3O/c1-19-13-10-17-15-16-9-12-18(15)11-5-8-14-6-3-2-4-7-14/h2-4,6-7,9,12H,5,8,10-11,13H2,1H3,(H,16,17). The average Bonchev–Trinajstić information content (AvgIpc) is 2.88. The van der Waals surface area contributed by atoms with Gasteiger partial charge < -0.3 is 14.6 Å². The summed E-state index contributed by atoms with van der Waals surface area (Å²) in [7, 11) is 1.70. The molecule has 2 rings (SSSR count). The van der Waals surface area contributed by atoms with Crippen LogP contribution in [0.25, 0.3) is 0 Å². The van der Waals surface area contributed by atoms with Gasteiger partial charge in [0.1, 0.15) is 0 Å². The Kier molecular flexibility index (Phi) is 5.44. The maximum absolute atomic E-state index is 5.02. The fourth-order valence-electron chi connectivity index (χ4n) is 2.02. The molecule has 4 heteroatoms. The lowest BCUT2D eigenvalue weighted by Crippen LogP contribution is -2.12. The minimum atomic E-state index is 0.691. The van der Waals surface area contributed by atoms with Crippen LogP contribution in [0.15, 0.2) is 42.7 Å². The first-order chi connectivity index (χ1) is 9.40. The molecule has 0 radical (unpaired) electrons. The lowest BCUT2D eigenvalue weighted by molar-refractivity contribution is 0.210. The zero-order chi connectivity index (χ0) is 13.3. The molecule has 0 spiro atoms. The summed E-state index contributed by atoms with van der Waals surface area (Å²) in [6.07, 6.45) is 6.05. The normalized spacial score (nSPS) is 10.6. The molecule has 2 aromatic rings. The number of imidazole rings is 1. The number of nitrogens with one attached hydrogen (secondary N) is 1. The highest BCUT2D eigenvalue weighted by Crippen LogP contribution is 2.08. The molecule has 0 aliphatic rings. The molecular formula is C15H21N3O. The molecule has 0 aliphatic heterocycles. The van der Waals surface area contributed by atoms with Crippen molar-refractivity contribution in [3.63, 3.8) is 0 Å². The van der Waals surface area contributed by atoms with Gasteiger partial charge in [0.15, 0.2) is 0 Å². The number of aromatic nitrogens is 2. The predicted octanol–water partition coefficient (Wildman–Crippen LogP) is 2.57. The second-order valence-corrected chi connectivity index (χ2v) is 4.45. The Hall–Kier alpha value is -1.81. The maximum atomic E-state index is 5.02. The number of aryl methyl sites for hydroxylation is 2. The Morgan fingerprint density at radius 2 is 2.11 bits per heavy atom. The molecule has 1 aromatic heterocycles. The second kappa shape index (κ2) is 7.59. The third-order valence-electron chi connectivity index (χ3n) is 3.01. The molecule has 19 heavy (non-hydrogen) atoms. The van der Waals surface area contributed by atoms with Crippen molar-refractivity contribution in [2.75, 3.05) is 25.6 Å². The van der Waals surface area contributed by atoms with E-state index in [0.29, 0.717) is 6.61 Å². The summed E-state index contributed by atoms with van der Waals surface area (Å²) in [5, 5.41) is 3.27. The molecule has 1 N–H and O–H groups in total. The Bertz CT molecular complexity index is 467. The van der Waals surface area contributed by atoms with Gasteiger partial charge in [0.25, 0.3) is 0 Å². The highest BCUT2D eigenvalue weighted by atomic mass is 16.5. The monoisotopic (exact) mass is 259 g/mol. The van der Waals surface area contributed by atoms with E-state index in [2.05, 4.69) is 45.2 Å². The molecule has 0 saturated heterocycles. The van der Waals surface area contributed by atoms with E-state index < -0.39 is 0 Å². The summed E-state index contributed by atoms with van der Waals surface area (Å²) in [5.41, 5.74) is 1.39. The summed E-state index contributed by atoms with van der Waals surface area (Å²) in [6, 6.07) is 10.6. The molecule has 0 atom stereocenters. The van der Waals surface area contributed by atoms with Crippen LogP contribution in [0.5, 0.6) is 0 Å². The summed E-state index contributed by atoms with van der Waals surface area (Å²) in [6.45, 7) is 2.45. The Morgan fingerprint density at radius 1 is 1.26 bits per heavy atom. The zero-order valence-electron chi connectivity index (χ0n) is 11.4. The molecule has 4 nitrogen and oxygen atoms in total. The van der Waals surface area contributed by atoms with Gasteiger partial charge in [0.05, 0.1) is 6.61 Å². The SMILES string of the molecule is COCCNc1nccn1CCCc1ccccc1. The first-order valence-electron chi connectivity index (χ1n) is 6.68. The van der Waals surface area contributed by atoms with Crippen LogP contribution in [0.2, 0.25) is 0 Å². The predicted molar refractivity (Wildman–Crippen MR) is 77.4 cm³/mol. The second-order valence-electron chi connectivity index (χ2n) is 4.45. The average molecular weight is 259 g/mol.